The van der Waals surface area contributed by atoms with Crippen LogP contribution in [0, 0.1) is 5.82 Å². The van der Waals surface area contributed by atoms with E-state index in [9.17, 15) is 17.6 Å². The molecule has 4 rings (SSSR count). The fourth-order valence-electron chi connectivity index (χ4n) is 3.42. The molecule has 0 spiro atoms. The van der Waals surface area contributed by atoms with Crippen molar-refractivity contribution in [2.75, 3.05) is 46.0 Å². The second-order valence-electron chi connectivity index (χ2n) is 7.19. The van der Waals surface area contributed by atoms with Crippen LogP contribution in [-0.2, 0) is 14.8 Å². The maximum Gasteiger partial charge on any atom is 0.260 e. The number of amides is 1. The molecule has 0 aliphatic carbocycles. The first-order valence-electron chi connectivity index (χ1n) is 9.99. The Morgan fingerprint density at radius 1 is 1.00 bits per heavy atom. The molecule has 2 aromatic carbocycles. The van der Waals surface area contributed by atoms with E-state index in [0.29, 0.717) is 24.7 Å². The number of fused-ring (bicyclic) bond motifs is 1. The molecule has 2 aliphatic heterocycles. The predicted molar refractivity (Wildman–Crippen MR) is 109 cm³/mol. The van der Waals surface area contributed by atoms with Gasteiger partial charge in [-0.3, -0.25) is 4.79 Å². The van der Waals surface area contributed by atoms with Gasteiger partial charge in [-0.2, -0.15) is 4.31 Å². The zero-order valence-electron chi connectivity index (χ0n) is 16.8. The van der Waals surface area contributed by atoms with Crippen LogP contribution in [0.2, 0.25) is 0 Å². The second-order valence-corrected chi connectivity index (χ2v) is 9.13. The second kappa shape index (κ2) is 9.11. The summed E-state index contributed by atoms with van der Waals surface area (Å²) in [6.45, 7) is 1.58. The summed E-state index contributed by atoms with van der Waals surface area (Å²) in [7, 11) is -3.73. The van der Waals surface area contributed by atoms with Gasteiger partial charge in [-0.05, 0) is 24.3 Å². The molecule has 8 nitrogen and oxygen atoms in total. The van der Waals surface area contributed by atoms with Crippen molar-refractivity contribution in [3.63, 3.8) is 0 Å². The third-order valence-corrected chi connectivity index (χ3v) is 7.00. The van der Waals surface area contributed by atoms with Gasteiger partial charge in [0.1, 0.15) is 11.6 Å². The summed E-state index contributed by atoms with van der Waals surface area (Å²) in [5.41, 5.74) is 0. The summed E-state index contributed by atoms with van der Waals surface area (Å²) in [6.07, 6.45) is 0.732. The number of piperazine rings is 1. The molecule has 1 saturated heterocycles. The van der Waals surface area contributed by atoms with E-state index in [1.54, 1.807) is 17.0 Å². The van der Waals surface area contributed by atoms with E-state index in [1.807, 2.05) is 0 Å². The first-order chi connectivity index (χ1) is 14.9. The van der Waals surface area contributed by atoms with Gasteiger partial charge in [0.15, 0.2) is 18.1 Å². The predicted octanol–water partition coefficient (Wildman–Crippen LogP) is 1.90. The van der Waals surface area contributed by atoms with Crippen LogP contribution >= 0.6 is 0 Å². The number of nitrogens with zero attached hydrogens (tertiary/aromatic N) is 2. The third-order valence-electron chi connectivity index (χ3n) is 5.11. The van der Waals surface area contributed by atoms with Gasteiger partial charge in [0.25, 0.3) is 5.91 Å². The minimum Gasteiger partial charge on any atom is -0.490 e. The molecular weight excluding hydrogens is 427 g/mol. The first kappa shape index (κ1) is 21.4. The number of sulfonamides is 1. The van der Waals surface area contributed by atoms with E-state index in [0.717, 1.165) is 6.42 Å². The number of carbonyl (C=O) groups excluding carboxylic acids is 1. The van der Waals surface area contributed by atoms with Crippen LogP contribution in [0.15, 0.2) is 47.4 Å². The zero-order chi connectivity index (χ0) is 21.8. The van der Waals surface area contributed by atoms with Crippen molar-refractivity contribution in [3.8, 4) is 17.2 Å². The number of hydrogen-bond acceptors (Lipinski definition) is 6. The minimum absolute atomic E-state index is 0.131. The Hall–Kier alpha value is -2.85. The van der Waals surface area contributed by atoms with Crippen LogP contribution < -0.4 is 14.2 Å². The summed E-state index contributed by atoms with van der Waals surface area (Å²) < 4.78 is 57.1. The summed E-state index contributed by atoms with van der Waals surface area (Å²) in [4.78, 5) is 14.1. The van der Waals surface area contributed by atoms with E-state index in [1.165, 1.54) is 34.6 Å². The SMILES string of the molecule is O=C(COc1cccc(F)c1)N1CCN(S(=O)(=O)c2ccc3c(c2)OCCCO3)CC1. The number of benzene rings is 2. The molecule has 0 bridgehead atoms. The van der Waals surface area contributed by atoms with Crippen molar-refractivity contribution in [1.29, 1.82) is 0 Å². The lowest BCUT2D eigenvalue weighted by Crippen LogP contribution is -2.51. The quantitative estimate of drug-likeness (QED) is 0.692. The lowest BCUT2D eigenvalue weighted by atomic mass is 10.3. The third kappa shape index (κ3) is 4.91. The molecule has 31 heavy (non-hydrogen) atoms. The van der Waals surface area contributed by atoms with Crippen LogP contribution in [0.4, 0.5) is 4.39 Å². The normalized spacial score (nSPS) is 17.1. The molecule has 0 unspecified atom stereocenters. The van der Waals surface area contributed by atoms with Crippen LogP contribution in [0.5, 0.6) is 17.2 Å². The Morgan fingerprint density at radius 2 is 1.74 bits per heavy atom. The van der Waals surface area contributed by atoms with E-state index >= 15 is 0 Å². The zero-order valence-corrected chi connectivity index (χ0v) is 17.6. The summed E-state index contributed by atoms with van der Waals surface area (Å²) in [6, 6.07) is 10.2. The molecule has 1 amide bonds. The Morgan fingerprint density at radius 3 is 2.48 bits per heavy atom. The van der Waals surface area contributed by atoms with Gasteiger partial charge in [-0.15, -0.1) is 0 Å². The van der Waals surface area contributed by atoms with Gasteiger partial charge < -0.3 is 19.1 Å². The molecule has 0 aromatic heterocycles. The molecule has 1 fully saturated rings. The highest BCUT2D eigenvalue weighted by Gasteiger charge is 2.31. The lowest BCUT2D eigenvalue weighted by Gasteiger charge is -2.34. The van der Waals surface area contributed by atoms with Crippen LogP contribution in [0.3, 0.4) is 0 Å². The summed E-state index contributed by atoms with van der Waals surface area (Å²) >= 11 is 0. The van der Waals surface area contributed by atoms with Gasteiger partial charge in [-0.25, -0.2) is 12.8 Å². The molecule has 2 aromatic rings. The number of rotatable bonds is 5. The smallest absolute Gasteiger partial charge is 0.260 e. The van der Waals surface area contributed by atoms with Gasteiger partial charge in [0.05, 0.1) is 18.1 Å². The van der Waals surface area contributed by atoms with E-state index in [-0.39, 0.29) is 49.3 Å². The standard InChI is InChI=1S/C21H23FN2O6S/c22-16-3-1-4-17(13-16)30-15-21(25)23-7-9-24(10-8-23)31(26,27)18-5-6-19-20(14-18)29-12-2-11-28-19/h1,3-6,13-14H,2,7-12,15H2. The van der Waals surface area contributed by atoms with Crippen molar-refractivity contribution in [2.24, 2.45) is 0 Å². The Balaban J connectivity index is 1.35. The molecule has 0 atom stereocenters. The van der Waals surface area contributed by atoms with Gasteiger partial charge >= 0.3 is 0 Å². The summed E-state index contributed by atoms with van der Waals surface area (Å²) in [5, 5.41) is 0. The van der Waals surface area contributed by atoms with Crippen molar-refractivity contribution in [3.05, 3.63) is 48.3 Å². The van der Waals surface area contributed by atoms with Crippen molar-refractivity contribution < 1.29 is 31.8 Å². The topological polar surface area (TPSA) is 85.4 Å². The highest BCUT2D eigenvalue weighted by Crippen LogP contribution is 2.33. The first-order valence-corrected chi connectivity index (χ1v) is 11.4. The highest BCUT2D eigenvalue weighted by molar-refractivity contribution is 7.89. The number of halogens is 1. The molecular formula is C21H23FN2O6S. The monoisotopic (exact) mass is 450 g/mol. The molecule has 0 N–H and O–H groups in total. The molecule has 2 heterocycles. The Bertz CT molecular complexity index is 1050. The van der Waals surface area contributed by atoms with Gasteiger partial charge in [0.2, 0.25) is 10.0 Å². The van der Waals surface area contributed by atoms with E-state index < -0.39 is 15.8 Å². The lowest BCUT2D eigenvalue weighted by molar-refractivity contribution is -0.134. The maximum atomic E-state index is 13.2. The largest absolute Gasteiger partial charge is 0.490 e. The molecule has 0 radical (unpaired) electrons. The molecule has 10 heteroatoms. The van der Waals surface area contributed by atoms with Gasteiger partial charge in [-0.1, -0.05) is 6.07 Å². The number of ether oxygens (including phenoxy) is 3. The van der Waals surface area contributed by atoms with Crippen molar-refractivity contribution >= 4 is 15.9 Å². The molecule has 2 aliphatic rings. The Labute approximate surface area is 180 Å². The Kier molecular flexibility index (Phi) is 6.28. The summed E-state index contributed by atoms with van der Waals surface area (Å²) in [5.74, 6) is 0.492. The highest BCUT2D eigenvalue weighted by atomic mass is 32.2. The minimum atomic E-state index is -3.73. The van der Waals surface area contributed by atoms with Crippen molar-refractivity contribution in [1.82, 2.24) is 9.21 Å². The number of hydrogen-bond donors (Lipinski definition) is 0. The fraction of sp³-hybridized carbons (Fsp3) is 0.381. The van der Waals surface area contributed by atoms with Crippen LogP contribution in [0.1, 0.15) is 6.42 Å². The average Bonchev–Trinajstić information content (AvgIpc) is 3.02. The van der Waals surface area contributed by atoms with E-state index in [4.69, 9.17) is 14.2 Å². The average molecular weight is 450 g/mol. The number of carbonyl (C=O) groups is 1. The molecule has 0 saturated carbocycles. The van der Waals surface area contributed by atoms with Crippen LogP contribution in [0.25, 0.3) is 0 Å². The van der Waals surface area contributed by atoms with Gasteiger partial charge in [0, 0.05) is 44.7 Å². The van der Waals surface area contributed by atoms with Crippen molar-refractivity contribution in [2.45, 2.75) is 11.3 Å². The van der Waals surface area contributed by atoms with E-state index in [2.05, 4.69) is 0 Å². The fourth-order valence-corrected chi connectivity index (χ4v) is 4.86. The van der Waals surface area contributed by atoms with Crippen LogP contribution in [-0.4, -0.2) is 69.5 Å². The molecule has 166 valence electrons. The maximum absolute atomic E-state index is 13.2.